The van der Waals surface area contributed by atoms with Crippen molar-refractivity contribution in [3.63, 3.8) is 0 Å². The lowest BCUT2D eigenvalue weighted by atomic mass is 10.3. The second-order valence-corrected chi connectivity index (χ2v) is 3.86. The Kier molecular flexibility index (Phi) is 3.19. The number of aromatic nitrogens is 3. The standard InChI is InChI=1S/C10H5ClF3N3O2/c11-6-3-5(10(12,13)14)4-16-7(6)17-2-1-15-8(17)9(18)19/h1-4H,(H,18,19). The number of carbonyl (C=O) groups is 1. The molecule has 2 heterocycles. The van der Waals surface area contributed by atoms with Gasteiger partial charge in [-0.15, -0.1) is 0 Å². The molecule has 0 saturated carbocycles. The van der Waals surface area contributed by atoms with E-state index in [-0.39, 0.29) is 10.8 Å². The average Bonchev–Trinajstić information content (AvgIpc) is 2.76. The first-order chi connectivity index (χ1) is 8.80. The molecule has 0 aliphatic carbocycles. The second-order valence-electron chi connectivity index (χ2n) is 3.45. The van der Waals surface area contributed by atoms with Crippen LogP contribution in [0.1, 0.15) is 16.2 Å². The van der Waals surface area contributed by atoms with Crippen molar-refractivity contribution in [2.24, 2.45) is 0 Å². The summed E-state index contributed by atoms with van der Waals surface area (Å²) in [6.07, 6.45) is -1.57. The molecule has 0 spiro atoms. The van der Waals surface area contributed by atoms with E-state index in [9.17, 15) is 18.0 Å². The van der Waals surface area contributed by atoms with E-state index in [0.29, 0.717) is 12.3 Å². The smallest absolute Gasteiger partial charge is 0.417 e. The van der Waals surface area contributed by atoms with Gasteiger partial charge in [0.2, 0.25) is 5.82 Å². The fourth-order valence-corrected chi connectivity index (χ4v) is 1.65. The van der Waals surface area contributed by atoms with Gasteiger partial charge in [0.15, 0.2) is 5.82 Å². The topological polar surface area (TPSA) is 68.0 Å². The summed E-state index contributed by atoms with van der Waals surface area (Å²) in [7, 11) is 0. The number of imidazole rings is 1. The van der Waals surface area contributed by atoms with Gasteiger partial charge < -0.3 is 5.11 Å². The van der Waals surface area contributed by atoms with Gasteiger partial charge in [-0.2, -0.15) is 13.2 Å². The van der Waals surface area contributed by atoms with Crippen molar-refractivity contribution >= 4 is 17.6 Å². The Hall–Kier alpha value is -2.09. The molecule has 1 N–H and O–H groups in total. The van der Waals surface area contributed by atoms with Gasteiger partial charge in [0, 0.05) is 18.6 Å². The van der Waals surface area contributed by atoms with Crippen LogP contribution in [0.5, 0.6) is 0 Å². The fraction of sp³-hybridized carbons (Fsp3) is 0.100. The zero-order chi connectivity index (χ0) is 14.2. The van der Waals surface area contributed by atoms with Crippen LogP contribution in [0.3, 0.4) is 0 Å². The minimum Gasteiger partial charge on any atom is -0.475 e. The predicted octanol–water partition coefficient (Wildman–Crippen LogP) is 2.64. The Morgan fingerprint density at radius 3 is 2.58 bits per heavy atom. The first-order valence-corrected chi connectivity index (χ1v) is 5.18. The molecular formula is C10H5ClF3N3O2. The van der Waals surface area contributed by atoms with Gasteiger partial charge in [-0.05, 0) is 6.07 Å². The first-order valence-electron chi connectivity index (χ1n) is 4.80. The molecule has 0 aliphatic rings. The van der Waals surface area contributed by atoms with Gasteiger partial charge in [0.05, 0.1) is 10.6 Å². The van der Waals surface area contributed by atoms with E-state index in [1.165, 1.54) is 12.4 Å². The molecule has 0 bridgehead atoms. The van der Waals surface area contributed by atoms with Crippen LogP contribution in [0.15, 0.2) is 24.7 Å². The van der Waals surface area contributed by atoms with E-state index in [1.54, 1.807) is 0 Å². The molecule has 0 saturated heterocycles. The van der Waals surface area contributed by atoms with Gasteiger partial charge in [-0.25, -0.2) is 14.8 Å². The fourth-order valence-electron chi connectivity index (χ4n) is 1.40. The number of carboxylic acids is 1. The van der Waals surface area contributed by atoms with Crippen LogP contribution in [-0.4, -0.2) is 25.6 Å². The summed E-state index contributed by atoms with van der Waals surface area (Å²) in [6, 6.07) is 0.676. The molecule has 0 fully saturated rings. The van der Waals surface area contributed by atoms with E-state index in [0.717, 1.165) is 4.57 Å². The zero-order valence-electron chi connectivity index (χ0n) is 9.02. The lowest BCUT2D eigenvalue weighted by Crippen LogP contribution is -2.11. The van der Waals surface area contributed by atoms with Gasteiger partial charge >= 0.3 is 12.1 Å². The molecule has 0 aliphatic heterocycles. The summed E-state index contributed by atoms with van der Waals surface area (Å²) in [4.78, 5) is 17.9. The molecule has 0 radical (unpaired) electrons. The maximum absolute atomic E-state index is 12.4. The van der Waals surface area contributed by atoms with E-state index >= 15 is 0 Å². The molecular weight excluding hydrogens is 287 g/mol. The monoisotopic (exact) mass is 291 g/mol. The highest BCUT2D eigenvalue weighted by molar-refractivity contribution is 6.32. The normalized spacial score (nSPS) is 11.6. The molecule has 19 heavy (non-hydrogen) atoms. The van der Waals surface area contributed by atoms with E-state index < -0.39 is 23.5 Å². The minimum atomic E-state index is -4.57. The first kappa shape index (κ1) is 13.3. The predicted molar refractivity (Wildman–Crippen MR) is 58.3 cm³/mol. The number of aromatic carboxylic acids is 1. The summed E-state index contributed by atoms with van der Waals surface area (Å²) in [5.74, 6) is -1.87. The SMILES string of the molecule is O=C(O)c1nccn1-c1ncc(C(F)(F)F)cc1Cl. The molecule has 100 valence electrons. The minimum absolute atomic E-state index is 0.135. The van der Waals surface area contributed by atoms with E-state index in [1.807, 2.05) is 0 Å². The Balaban J connectivity index is 2.53. The van der Waals surface area contributed by atoms with Crippen LogP contribution in [0.4, 0.5) is 13.2 Å². The van der Waals surface area contributed by atoms with Crippen LogP contribution < -0.4 is 0 Å². The molecule has 0 aromatic carbocycles. The summed E-state index contributed by atoms with van der Waals surface area (Å²) >= 11 is 5.70. The second kappa shape index (κ2) is 4.54. The Bertz CT molecular complexity index is 639. The number of rotatable bonds is 2. The zero-order valence-corrected chi connectivity index (χ0v) is 9.77. The number of alkyl halides is 3. The molecule has 2 aromatic heterocycles. The largest absolute Gasteiger partial charge is 0.475 e. The van der Waals surface area contributed by atoms with Crippen molar-refractivity contribution in [2.75, 3.05) is 0 Å². The molecule has 0 unspecified atom stereocenters. The Labute approximate surface area is 109 Å². The van der Waals surface area contributed by atoms with Crippen molar-refractivity contribution in [1.82, 2.24) is 14.5 Å². The lowest BCUT2D eigenvalue weighted by molar-refractivity contribution is -0.137. The van der Waals surface area contributed by atoms with Gasteiger partial charge in [-0.3, -0.25) is 4.57 Å². The summed E-state index contributed by atoms with van der Waals surface area (Å²) in [6.45, 7) is 0. The van der Waals surface area contributed by atoms with Crippen molar-refractivity contribution in [1.29, 1.82) is 0 Å². The maximum atomic E-state index is 12.4. The number of hydrogen-bond donors (Lipinski definition) is 1. The van der Waals surface area contributed by atoms with Crippen LogP contribution in [-0.2, 0) is 6.18 Å². The van der Waals surface area contributed by atoms with Gasteiger partial charge in [0.1, 0.15) is 0 Å². The number of carboxylic acid groups (broad SMARTS) is 1. The summed E-state index contributed by atoms with van der Waals surface area (Å²) in [5, 5.41) is 8.53. The average molecular weight is 292 g/mol. The van der Waals surface area contributed by atoms with E-state index in [2.05, 4.69) is 9.97 Å². The highest BCUT2D eigenvalue weighted by atomic mass is 35.5. The van der Waals surface area contributed by atoms with Crippen LogP contribution in [0.25, 0.3) is 5.82 Å². The van der Waals surface area contributed by atoms with Gasteiger partial charge in [-0.1, -0.05) is 11.6 Å². The number of hydrogen-bond acceptors (Lipinski definition) is 3. The van der Waals surface area contributed by atoms with E-state index in [4.69, 9.17) is 16.7 Å². The Morgan fingerprint density at radius 1 is 1.37 bits per heavy atom. The van der Waals surface area contributed by atoms with Crippen molar-refractivity contribution in [3.8, 4) is 5.82 Å². The molecule has 0 amide bonds. The van der Waals surface area contributed by atoms with Gasteiger partial charge in [0.25, 0.3) is 0 Å². The lowest BCUT2D eigenvalue weighted by Gasteiger charge is -2.10. The number of nitrogens with zero attached hydrogens (tertiary/aromatic N) is 3. The van der Waals surface area contributed by atoms with Crippen molar-refractivity contribution in [2.45, 2.75) is 6.18 Å². The quantitative estimate of drug-likeness (QED) is 0.923. The molecule has 5 nitrogen and oxygen atoms in total. The van der Waals surface area contributed by atoms with Crippen molar-refractivity contribution < 1.29 is 23.1 Å². The van der Waals surface area contributed by atoms with Crippen LogP contribution >= 0.6 is 11.6 Å². The Morgan fingerprint density at radius 2 is 2.05 bits per heavy atom. The highest BCUT2D eigenvalue weighted by Crippen LogP contribution is 2.32. The third-order valence-corrected chi connectivity index (χ3v) is 2.49. The van der Waals surface area contributed by atoms with Crippen LogP contribution in [0, 0.1) is 0 Å². The molecule has 0 atom stereocenters. The van der Waals surface area contributed by atoms with Crippen molar-refractivity contribution in [3.05, 3.63) is 41.1 Å². The molecule has 2 rings (SSSR count). The molecule has 2 aromatic rings. The summed E-state index contributed by atoms with van der Waals surface area (Å²) in [5.41, 5.74) is -1.02. The molecule has 9 heteroatoms. The third-order valence-electron chi connectivity index (χ3n) is 2.21. The summed E-state index contributed by atoms with van der Waals surface area (Å²) < 4.78 is 38.3. The number of pyridine rings is 1. The van der Waals surface area contributed by atoms with Crippen LogP contribution in [0.2, 0.25) is 5.02 Å². The third kappa shape index (κ3) is 2.53. The maximum Gasteiger partial charge on any atom is 0.417 e. The highest BCUT2D eigenvalue weighted by Gasteiger charge is 2.32. The number of halogens is 4.